The van der Waals surface area contributed by atoms with E-state index in [1.54, 1.807) is 18.6 Å². The molecular weight excluding hydrogens is 601 g/mol. The third-order valence-electron chi connectivity index (χ3n) is 4.60. The van der Waals surface area contributed by atoms with Crippen molar-refractivity contribution in [3.05, 3.63) is 128 Å². The zero-order valence-electron chi connectivity index (χ0n) is 18.1. The normalized spacial score (nSPS) is 9.53. The molecule has 0 aliphatic rings. The Morgan fingerprint density at radius 1 is 0.382 bits per heavy atom. The van der Waals surface area contributed by atoms with Gasteiger partial charge >= 0.3 is 20.1 Å². The van der Waals surface area contributed by atoms with Gasteiger partial charge in [0.05, 0.1) is 0 Å². The van der Waals surface area contributed by atoms with Gasteiger partial charge in [-0.25, -0.2) is 30.6 Å². The molecule has 6 rings (SSSR count). The first-order valence-corrected chi connectivity index (χ1v) is 10.4. The molecule has 0 fully saturated rings. The van der Waals surface area contributed by atoms with E-state index in [2.05, 4.69) is 30.6 Å². The van der Waals surface area contributed by atoms with Crippen LogP contribution in [0.25, 0.3) is 33.8 Å². The molecule has 3 heterocycles. The van der Waals surface area contributed by atoms with Gasteiger partial charge in [-0.2, -0.15) is 0 Å². The van der Waals surface area contributed by atoms with Crippen molar-refractivity contribution in [2.45, 2.75) is 0 Å². The van der Waals surface area contributed by atoms with Gasteiger partial charge in [-0.3, -0.25) is 0 Å². The minimum atomic E-state index is 0. The summed E-state index contributed by atoms with van der Waals surface area (Å²) in [5, 5.41) is 23.1. The Kier molecular flexibility index (Phi) is 9.74. The van der Waals surface area contributed by atoms with Crippen LogP contribution < -0.4 is 0 Å². The van der Waals surface area contributed by atoms with Crippen molar-refractivity contribution in [3.8, 4) is 33.8 Å². The first kappa shape index (κ1) is 24.6. The summed E-state index contributed by atoms with van der Waals surface area (Å²) in [6, 6.07) is 35.7. The molecule has 0 atom stereocenters. The second kappa shape index (κ2) is 13.5. The van der Waals surface area contributed by atoms with Gasteiger partial charge < -0.3 is 0 Å². The van der Waals surface area contributed by atoms with E-state index in [1.807, 2.05) is 109 Å². The minimum Gasteiger partial charge on any atom is -0.218 e. The van der Waals surface area contributed by atoms with Crippen LogP contribution in [0.2, 0.25) is 0 Å². The van der Waals surface area contributed by atoms with Crippen molar-refractivity contribution in [3.63, 3.8) is 0 Å². The Morgan fingerprint density at radius 3 is 0.853 bits per heavy atom. The average Bonchev–Trinajstić information content (AvgIpc) is 3.70. The standard InChI is InChI=1S/3C9H7N2.Ir/c3*1-2-4-8(5-3-1)9-6-7-10-11-9;/h3*1-7H;/q3*-1;+3. The third kappa shape index (κ3) is 7.23. The van der Waals surface area contributed by atoms with Crippen molar-refractivity contribution in [1.29, 1.82) is 0 Å². The fourth-order valence-corrected chi connectivity index (χ4v) is 2.99. The molecule has 0 saturated heterocycles. The summed E-state index contributed by atoms with van der Waals surface area (Å²) in [4.78, 5) is 0. The van der Waals surface area contributed by atoms with Gasteiger partial charge in [0, 0.05) is 17.1 Å². The van der Waals surface area contributed by atoms with E-state index < -0.39 is 0 Å². The van der Waals surface area contributed by atoms with Crippen LogP contribution >= 0.6 is 0 Å². The van der Waals surface area contributed by atoms with Crippen molar-refractivity contribution >= 4 is 0 Å². The second-order valence-electron chi connectivity index (χ2n) is 6.85. The fraction of sp³-hybridized carbons (Fsp3) is 0. The van der Waals surface area contributed by atoms with E-state index >= 15 is 0 Å². The van der Waals surface area contributed by atoms with Crippen molar-refractivity contribution in [1.82, 2.24) is 30.6 Å². The molecule has 168 valence electrons. The molecule has 6 aromatic rings. The molecule has 0 bridgehead atoms. The van der Waals surface area contributed by atoms with E-state index in [-0.39, 0.29) is 20.1 Å². The summed E-state index contributed by atoms with van der Waals surface area (Å²) < 4.78 is 0. The Morgan fingerprint density at radius 2 is 0.647 bits per heavy atom. The first-order valence-electron chi connectivity index (χ1n) is 10.4. The molecule has 3 aromatic carbocycles. The first-order chi connectivity index (χ1) is 16.4. The monoisotopic (exact) mass is 622 g/mol. The molecule has 0 aliphatic carbocycles. The van der Waals surface area contributed by atoms with E-state index in [4.69, 9.17) is 0 Å². The van der Waals surface area contributed by atoms with Gasteiger partial charge in [-0.05, 0) is 18.6 Å². The molecule has 3 aromatic heterocycles. The van der Waals surface area contributed by atoms with Gasteiger partial charge in [0.2, 0.25) is 0 Å². The quantitative estimate of drug-likeness (QED) is 0.240. The van der Waals surface area contributed by atoms with Crippen molar-refractivity contribution < 1.29 is 20.1 Å². The smallest absolute Gasteiger partial charge is 0.218 e. The molecular formula is C27H21IrN6. The van der Waals surface area contributed by atoms with E-state index in [1.165, 1.54) is 0 Å². The van der Waals surface area contributed by atoms with Gasteiger partial charge in [-0.15, -0.1) is 89.5 Å². The Hall–Kier alpha value is -4.06. The molecule has 0 spiro atoms. The second-order valence-corrected chi connectivity index (χ2v) is 6.85. The van der Waals surface area contributed by atoms with E-state index in [0.717, 1.165) is 33.8 Å². The molecule has 0 unspecified atom stereocenters. The molecule has 0 amide bonds. The van der Waals surface area contributed by atoms with E-state index in [0.29, 0.717) is 0 Å². The third-order valence-corrected chi connectivity index (χ3v) is 4.60. The molecule has 7 heteroatoms. The molecule has 0 saturated carbocycles. The Balaban J connectivity index is 0.000000141. The zero-order valence-corrected chi connectivity index (χ0v) is 20.5. The van der Waals surface area contributed by atoms with Crippen LogP contribution in [0.3, 0.4) is 0 Å². The summed E-state index contributed by atoms with van der Waals surface area (Å²) >= 11 is 0. The largest absolute Gasteiger partial charge is 3.00 e. The van der Waals surface area contributed by atoms with Crippen molar-refractivity contribution in [2.24, 2.45) is 0 Å². The number of hydrogen-bond acceptors (Lipinski definition) is 6. The van der Waals surface area contributed by atoms with Crippen LogP contribution in [0.1, 0.15) is 0 Å². The number of aromatic nitrogens is 6. The number of nitrogens with zero attached hydrogens (tertiary/aromatic N) is 6. The number of rotatable bonds is 3. The molecule has 0 radical (unpaired) electrons. The van der Waals surface area contributed by atoms with E-state index in [9.17, 15) is 0 Å². The zero-order chi connectivity index (χ0) is 22.6. The summed E-state index contributed by atoms with van der Waals surface area (Å²) in [5.74, 6) is 0. The van der Waals surface area contributed by atoms with Gasteiger partial charge in [0.15, 0.2) is 0 Å². The van der Waals surface area contributed by atoms with Gasteiger partial charge in [-0.1, -0.05) is 36.4 Å². The molecule has 34 heavy (non-hydrogen) atoms. The van der Waals surface area contributed by atoms with Crippen LogP contribution in [-0.4, -0.2) is 30.6 Å². The van der Waals surface area contributed by atoms with Crippen LogP contribution in [0.5, 0.6) is 0 Å². The van der Waals surface area contributed by atoms with Crippen LogP contribution in [-0.2, 0) is 20.1 Å². The number of hydrogen-bond donors (Lipinski definition) is 0. The summed E-state index contributed by atoms with van der Waals surface area (Å²) in [6.45, 7) is 0. The predicted octanol–water partition coefficient (Wildman–Crippen LogP) is 5.59. The predicted molar refractivity (Wildman–Crippen MR) is 129 cm³/mol. The molecule has 0 aliphatic heterocycles. The fourth-order valence-electron chi connectivity index (χ4n) is 2.99. The Labute approximate surface area is 211 Å². The average molecular weight is 622 g/mol. The maximum atomic E-state index is 3.94. The topological polar surface area (TPSA) is 77.3 Å². The summed E-state index contributed by atoms with van der Waals surface area (Å²) in [6.07, 6.45) is 5.09. The maximum Gasteiger partial charge on any atom is 3.00 e. The summed E-state index contributed by atoms with van der Waals surface area (Å²) in [5.41, 5.74) is 6.15. The molecule has 0 N–H and O–H groups in total. The molecule has 6 nitrogen and oxygen atoms in total. The number of benzene rings is 3. The van der Waals surface area contributed by atoms with Crippen LogP contribution in [0, 0.1) is 0 Å². The SMILES string of the molecule is [Ir+3].c1ccc(-[c-]2ccnn2)cc1.c1ccc(-[c-]2ccnn2)cc1.c1ccc(-[c-]2ccnn2)cc1. The van der Waals surface area contributed by atoms with Gasteiger partial charge in [0.25, 0.3) is 0 Å². The van der Waals surface area contributed by atoms with Crippen LogP contribution in [0.4, 0.5) is 0 Å². The maximum absolute atomic E-state index is 3.94. The Bertz CT molecular complexity index is 1100. The minimum absolute atomic E-state index is 0. The van der Waals surface area contributed by atoms with Crippen LogP contribution in [0.15, 0.2) is 128 Å². The van der Waals surface area contributed by atoms with Gasteiger partial charge in [0.1, 0.15) is 0 Å². The summed E-state index contributed by atoms with van der Waals surface area (Å²) in [7, 11) is 0. The van der Waals surface area contributed by atoms with Crippen molar-refractivity contribution in [2.75, 3.05) is 0 Å².